The summed E-state index contributed by atoms with van der Waals surface area (Å²) in [6.45, 7) is 3.94. The van der Waals surface area contributed by atoms with Crippen molar-refractivity contribution in [1.82, 2.24) is 14.5 Å². The summed E-state index contributed by atoms with van der Waals surface area (Å²) in [5, 5.41) is 3.45. The van der Waals surface area contributed by atoms with Gasteiger partial charge in [0.25, 0.3) is 0 Å². The van der Waals surface area contributed by atoms with E-state index in [4.69, 9.17) is 16.3 Å². The first-order valence-electron chi connectivity index (χ1n) is 8.81. The number of carbonyl (C=O) groups is 1. The average molecular weight is 402 g/mol. The molecule has 144 valence electrons. The first kappa shape index (κ1) is 19.4. The molecule has 0 saturated carbocycles. The second-order valence-corrected chi connectivity index (χ2v) is 9.01. The smallest absolute Gasteiger partial charge is 0.317 e. The highest BCUT2D eigenvalue weighted by atomic mass is 35.5. The first-order valence-corrected chi connectivity index (χ1v) is 10.6. The Morgan fingerprint density at radius 3 is 2.46 bits per heavy atom. The van der Waals surface area contributed by atoms with Crippen molar-refractivity contribution in [3.05, 3.63) is 29.3 Å². The largest absolute Gasteiger partial charge is 0.376 e. The quantitative estimate of drug-likeness (QED) is 0.836. The SMILES string of the molecule is CC(NC(=O)N1CCN(S(=O)(=O)c2ccc(Cl)cc2)CC1)C1CCCO1. The fourth-order valence-electron chi connectivity index (χ4n) is 3.26. The normalized spacial score (nSPS) is 23.0. The van der Waals surface area contributed by atoms with Crippen molar-refractivity contribution in [2.45, 2.75) is 36.8 Å². The molecule has 0 aromatic heterocycles. The Morgan fingerprint density at radius 1 is 1.23 bits per heavy atom. The highest BCUT2D eigenvalue weighted by Gasteiger charge is 2.31. The maximum Gasteiger partial charge on any atom is 0.317 e. The lowest BCUT2D eigenvalue weighted by Gasteiger charge is -2.35. The summed E-state index contributed by atoms with van der Waals surface area (Å²) in [6, 6.07) is 5.90. The molecule has 0 aliphatic carbocycles. The number of urea groups is 1. The number of ether oxygens (including phenoxy) is 1. The zero-order valence-electron chi connectivity index (χ0n) is 14.7. The topological polar surface area (TPSA) is 79.0 Å². The van der Waals surface area contributed by atoms with E-state index in [1.54, 1.807) is 17.0 Å². The van der Waals surface area contributed by atoms with Crippen molar-refractivity contribution in [3.8, 4) is 0 Å². The Hall–Kier alpha value is -1.35. The highest BCUT2D eigenvalue weighted by molar-refractivity contribution is 7.89. The standard InChI is InChI=1S/C17H24ClN3O4S/c1-13(16-3-2-12-25-16)19-17(22)20-8-10-21(11-9-20)26(23,24)15-6-4-14(18)5-7-15/h4-7,13,16H,2-3,8-12H2,1H3,(H,19,22). The summed E-state index contributed by atoms with van der Waals surface area (Å²) in [7, 11) is -3.57. The molecule has 2 atom stereocenters. The van der Waals surface area contributed by atoms with E-state index in [9.17, 15) is 13.2 Å². The van der Waals surface area contributed by atoms with Crippen LogP contribution in [0.15, 0.2) is 29.2 Å². The predicted octanol–water partition coefficient (Wildman–Crippen LogP) is 1.92. The highest BCUT2D eigenvalue weighted by Crippen LogP contribution is 2.20. The van der Waals surface area contributed by atoms with Crippen LogP contribution in [0.4, 0.5) is 4.79 Å². The number of hydrogen-bond acceptors (Lipinski definition) is 4. The monoisotopic (exact) mass is 401 g/mol. The fourth-order valence-corrected chi connectivity index (χ4v) is 4.81. The Bertz CT molecular complexity index is 727. The molecule has 2 aliphatic rings. The second kappa shape index (κ2) is 8.12. The van der Waals surface area contributed by atoms with E-state index in [1.165, 1.54) is 16.4 Å². The van der Waals surface area contributed by atoms with Gasteiger partial charge in [-0.3, -0.25) is 0 Å². The number of nitrogens with one attached hydrogen (secondary N) is 1. The van der Waals surface area contributed by atoms with Crippen molar-refractivity contribution >= 4 is 27.7 Å². The van der Waals surface area contributed by atoms with Gasteiger partial charge in [0.1, 0.15) is 0 Å². The zero-order valence-corrected chi connectivity index (χ0v) is 16.3. The van der Waals surface area contributed by atoms with Crippen molar-refractivity contribution in [1.29, 1.82) is 0 Å². The van der Waals surface area contributed by atoms with Gasteiger partial charge in [0.05, 0.1) is 17.0 Å². The summed E-state index contributed by atoms with van der Waals surface area (Å²) in [4.78, 5) is 14.3. The molecule has 1 aromatic rings. The summed E-state index contributed by atoms with van der Waals surface area (Å²) in [5.74, 6) is 0. The van der Waals surface area contributed by atoms with Crippen LogP contribution in [0, 0.1) is 0 Å². The zero-order chi connectivity index (χ0) is 18.7. The molecular weight excluding hydrogens is 378 g/mol. The molecule has 1 aromatic carbocycles. The van der Waals surface area contributed by atoms with E-state index in [1.807, 2.05) is 6.92 Å². The van der Waals surface area contributed by atoms with Crippen LogP contribution in [0.25, 0.3) is 0 Å². The van der Waals surface area contributed by atoms with Gasteiger partial charge in [-0.2, -0.15) is 4.31 Å². The van der Waals surface area contributed by atoms with Crippen molar-refractivity contribution in [2.24, 2.45) is 0 Å². The lowest BCUT2D eigenvalue weighted by atomic mass is 10.1. The molecule has 2 unspecified atom stereocenters. The van der Waals surface area contributed by atoms with Crippen LogP contribution < -0.4 is 5.32 Å². The molecule has 0 radical (unpaired) electrons. The van der Waals surface area contributed by atoms with Crippen LogP contribution >= 0.6 is 11.6 Å². The molecule has 2 saturated heterocycles. The van der Waals surface area contributed by atoms with E-state index >= 15 is 0 Å². The molecule has 2 amide bonds. The lowest BCUT2D eigenvalue weighted by Crippen LogP contribution is -2.55. The van der Waals surface area contributed by atoms with E-state index < -0.39 is 10.0 Å². The molecule has 3 rings (SSSR count). The molecular formula is C17H24ClN3O4S. The van der Waals surface area contributed by atoms with E-state index in [-0.39, 0.29) is 36.2 Å². The lowest BCUT2D eigenvalue weighted by molar-refractivity contribution is 0.0821. The van der Waals surface area contributed by atoms with Crippen LogP contribution in [0.5, 0.6) is 0 Å². The molecule has 7 nitrogen and oxygen atoms in total. The average Bonchev–Trinajstić information content (AvgIpc) is 3.17. The van der Waals surface area contributed by atoms with Gasteiger partial charge in [-0.25, -0.2) is 13.2 Å². The molecule has 2 fully saturated rings. The van der Waals surface area contributed by atoms with Gasteiger partial charge in [0, 0.05) is 37.8 Å². The number of halogens is 1. The Labute approximate surface area is 159 Å². The first-order chi connectivity index (χ1) is 12.4. The molecule has 1 N–H and O–H groups in total. The number of rotatable bonds is 4. The van der Waals surface area contributed by atoms with Crippen LogP contribution in [-0.2, 0) is 14.8 Å². The van der Waals surface area contributed by atoms with Crippen LogP contribution in [0.3, 0.4) is 0 Å². The molecule has 9 heteroatoms. The minimum absolute atomic E-state index is 0.0548. The molecule has 26 heavy (non-hydrogen) atoms. The van der Waals surface area contributed by atoms with Gasteiger partial charge in [-0.05, 0) is 44.0 Å². The molecule has 2 aliphatic heterocycles. The number of nitrogens with zero attached hydrogens (tertiary/aromatic N) is 2. The van der Waals surface area contributed by atoms with Crippen molar-refractivity contribution < 1.29 is 17.9 Å². The number of piperazine rings is 1. The number of benzene rings is 1. The maximum atomic E-state index is 12.7. The van der Waals surface area contributed by atoms with E-state index in [2.05, 4.69) is 5.32 Å². The summed E-state index contributed by atoms with van der Waals surface area (Å²) in [5.41, 5.74) is 0. The Balaban J connectivity index is 1.54. The summed E-state index contributed by atoms with van der Waals surface area (Å²) in [6.07, 6.45) is 2.03. The molecule has 0 spiro atoms. The third-order valence-electron chi connectivity index (χ3n) is 4.85. The Morgan fingerprint density at radius 2 is 1.88 bits per heavy atom. The summed E-state index contributed by atoms with van der Waals surface area (Å²) >= 11 is 5.82. The van der Waals surface area contributed by atoms with Crippen LogP contribution in [0.2, 0.25) is 5.02 Å². The third kappa shape index (κ3) is 4.31. The van der Waals surface area contributed by atoms with Gasteiger partial charge in [0.2, 0.25) is 10.0 Å². The summed E-state index contributed by atoms with van der Waals surface area (Å²) < 4.78 is 32.3. The fraction of sp³-hybridized carbons (Fsp3) is 0.588. The molecule has 0 bridgehead atoms. The van der Waals surface area contributed by atoms with Crippen molar-refractivity contribution in [3.63, 3.8) is 0 Å². The van der Waals surface area contributed by atoms with Gasteiger partial charge in [-0.15, -0.1) is 0 Å². The van der Waals surface area contributed by atoms with Crippen LogP contribution in [-0.4, -0.2) is 68.6 Å². The third-order valence-corrected chi connectivity index (χ3v) is 7.02. The van der Waals surface area contributed by atoms with Gasteiger partial charge in [0.15, 0.2) is 0 Å². The minimum Gasteiger partial charge on any atom is -0.376 e. The predicted molar refractivity (Wildman–Crippen MR) is 98.8 cm³/mol. The van der Waals surface area contributed by atoms with E-state index in [0.717, 1.165) is 19.4 Å². The van der Waals surface area contributed by atoms with Gasteiger partial charge >= 0.3 is 6.03 Å². The second-order valence-electron chi connectivity index (χ2n) is 6.63. The van der Waals surface area contributed by atoms with Gasteiger partial charge < -0.3 is 15.0 Å². The number of sulfonamides is 1. The van der Waals surface area contributed by atoms with Crippen LogP contribution in [0.1, 0.15) is 19.8 Å². The van der Waals surface area contributed by atoms with Crippen molar-refractivity contribution in [2.75, 3.05) is 32.8 Å². The number of hydrogen-bond donors (Lipinski definition) is 1. The molecule has 2 heterocycles. The number of carbonyl (C=O) groups excluding carboxylic acids is 1. The van der Waals surface area contributed by atoms with Gasteiger partial charge in [-0.1, -0.05) is 11.6 Å². The minimum atomic E-state index is -3.57. The number of amides is 2. The Kier molecular flexibility index (Phi) is 6.06. The van der Waals surface area contributed by atoms with E-state index in [0.29, 0.717) is 18.1 Å². The maximum absolute atomic E-state index is 12.7.